The van der Waals surface area contributed by atoms with Crippen LogP contribution < -0.4 is 4.90 Å². The number of anilines is 1. The zero-order chi connectivity index (χ0) is 13.7. The molecule has 0 bridgehead atoms. The minimum atomic E-state index is 0.167. The van der Waals surface area contributed by atoms with Gasteiger partial charge in [0.1, 0.15) is 0 Å². The molecule has 0 spiro atoms. The fourth-order valence-corrected chi connectivity index (χ4v) is 2.32. The van der Waals surface area contributed by atoms with Crippen LogP contribution in [0.4, 0.5) is 5.69 Å². The molecule has 0 unspecified atom stereocenters. The quantitative estimate of drug-likeness (QED) is 0.827. The van der Waals surface area contributed by atoms with Crippen LogP contribution >= 0.6 is 0 Å². The maximum atomic E-state index is 12.2. The first kappa shape index (κ1) is 14.0. The van der Waals surface area contributed by atoms with E-state index in [9.17, 15) is 4.79 Å². The van der Waals surface area contributed by atoms with Crippen molar-refractivity contribution in [2.24, 2.45) is 0 Å². The van der Waals surface area contributed by atoms with Gasteiger partial charge in [0.15, 0.2) is 0 Å². The topological polar surface area (TPSA) is 32.8 Å². The largest absolute Gasteiger partial charge is 0.379 e. The highest BCUT2D eigenvalue weighted by atomic mass is 16.5. The van der Waals surface area contributed by atoms with Crippen LogP contribution in [0.15, 0.2) is 24.3 Å². The number of aryl methyl sites for hydroxylation is 1. The zero-order valence-electron chi connectivity index (χ0n) is 11.8. The monoisotopic (exact) mass is 262 g/mol. The minimum Gasteiger partial charge on any atom is -0.379 e. The maximum Gasteiger partial charge on any atom is 0.228 e. The molecule has 0 aromatic heterocycles. The number of para-hydroxylation sites is 1. The second-order valence-corrected chi connectivity index (χ2v) is 4.94. The molecule has 104 valence electrons. The third-order valence-corrected chi connectivity index (χ3v) is 3.60. The van der Waals surface area contributed by atoms with Crippen molar-refractivity contribution >= 4 is 11.6 Å². The van der Waals surface area contributed by atoms with Crippen LogP contribution in [0.1, 0.15) is 12.0 Å². The zero-order valence-corrected chi connectivity index (χ0v) is 11.8. The van der Waals surface area contributed by atoms with E-state index >= 15 is 0 Å². The van der Waals surface area contributed by atoms with Gasteiger partial charge in [-0.3, -0.25) is 9.69 Å². The average Bonchev–Trinajstić information content (AvgIpc) is 2.45. The number of ether oxygens (including phenoxy) is 1. The van der Waals surface area contributed by atoms with Crippen LogP contribution in [0.3, 0.4) is 0 Å². The third kappa shape index (κ3) is 3.78. The molecular weight excluding hydrogens is 240 g/mol. The molecule has 0 N–H and O–H groups in total. The number of morpholine rings is 1. The second-order valence-electron chi connectivity index (χ2n) is 4.94. The van der Waals surface area contributed by atoms with E-state index in [2.05, 4.69) is 4.90 Å². The number of carbonyl (C=O) groups is 1. The van der Waals surface area contributed by atoms with Gasteiger partial charge in [0, 0.05) is 38.8 Å². The van der Waals surface area contributed by atoms with Crippen LogP contribution in [0, 0.1) is 6.92 Å². The summed E-state index contributed by atoms with van der Waals surface area (Å²) < 4.78 is 5.30. The Balaban J connectivity index is 1.87. The Morgan fingerprint density at radius 2 is 2.00 bits per heavy atom. The van der Waals surface area contributed by atoms with Crippen LogP contribution in [0.5, 0.6) is 0 Å². The fraction of sp³-hybridized carbons (Fsp3) is 0.533. The Bertz CT molecular complexity index is 428. The first-order chi connectivity index (χ1) is 9.18. The smallest absolute Gasteiger partial charge is 0.228 e. The lowest BCUT2D eigenvalue weighted by atomic mass is 10.2. The predicted molar refractivity (Wildman–Crippen MR) is 76.5 cm³/mol. The summed E-state index contributed by atoms with van der Waals surface area (Å²) in [5.41, 5.74) is 2.12. The van der Waals surface area contributed by atoms with Crippen LogP contribution in [-0.4, -0.2) is 50.7 Å². The van der Waals surface area contributed by atoms with E-state index in [1.165, 1.54) is 0 Å². The third-order valence-electron chi connectivity index (χ3n) is 3.60. The van der Waals surface area contributed by atoms with Gasteiger partial charge in [0.05, 0.1) is 13.2 Å². The summed E-state index contributed by atoms with van der Waals surface area (Å²) in [6.45, 7) is 6.27. The summed E-state index contributed by atoms with van der Waals surface area (Å²) >= 11 is 0. The van der Waals surface area contributed by atoms with Crippen molar-refractivity contribution in [3.63, 3.8) is 0 Å². The van der Waals surface area contributed by atoms with Gasteiger partial charge in [-0.05, 0) is 18.6 Å². The van der Waals surface area contributed by atoms with Crippen LogP contribution in [0.25, 0.3) is 0 Å². The Morgan fingerprint density at radius 1 is 1.32 bits per heavy atom. The summed E-state index contributed by atoms with van der Waals surface area (Å²) in [5.74, 6) is 0.167. The Morgan fingerprint density at radius 3 is 2.68 bits per heavy atom. The van der Waals surface area contributed by atoms with Gasteiger partial charge < -0.3 is 9.64 Å². The van der Waals surface area contributed by atoms with E-state index in [1.807, 2.05) is 38.2 Å². The fourth-order valence-electron chi connectivity index (χ4n) is 2.32. The van der Waals surface area contributed by atoms with Gasteiger partial charge in [0.2, 0.25) is 5.91 Å². The molecule has 1 aromatic carbocycles. The predicted octanol–water partition coefficient (Wildman–Crippen LogP) is 1.68. The molecule has 19 heavy (non-hydrogen) atoms. The molecule has 0 atom stereocenters. The Hall–Kier alpha value is -1.39. The van der Waals surface area contributed by atoms with Gasteiger partial charge in [-0.2, -0.15) is 0 Å². The summed E-state index contributed by atoms with van der Waals surface area (Å²) in [4.78, 5) is 16.3. The Kier molecular flexibility index (Phi) is 4.93. The number of amides is 1. The molecule has 0 radical (unpaired) electrons. The number of rotatable bonds is 4. The van der Waals surface area contributed by atoms with Gasteiger partial charge in [-0.1, -0.05) is 18.2 Å². The maximum absolute atomic E-state index is 12.2. The van der Waals surface area contributed by atoms with E-state index in [-0.39, 0.29) is 5.91 Å². The lowest BCUT2D eigenvalue weighted by molar-refractivity contribution is -0.118. The first-order valence-corrected chi connectivity index (χ1v) is 6.81. The minimum absolute atomic E-state index is 0.167. The van der Waals surface area contributed by atoms with Gasteiger partial charge in [0.25, 0.3) is 0 Å². The van der Waals surface area contributed by atoms with Crippen molar-refractivity contribution in [1.29, 1.82) is 0 Å². The molecule has 0 saturated carbocycles. The van der Waals surface area contributed by atoms with Crippen LogP contribution in [0.2, 0.25) is 0 Å². The molecule has 4 nitrogen and oxygen atoms in total. The molecule has 2 rings (SSSR count). The molecule has 0 aliphatic carbocycles. The molecule has 1 aliphatic heterocycles. The molecular formula is C15H22N2O2. The van der Waals surface area contributed by atoms with Gasteiger partial charge >= 0.3 is 0 Å². The van der Waals surface area contributed by atoms with E-state index < -0.39 is 0 Å². The standard InChI is InChI=1S/C15H22N2O2/c1-13-5-3-4-6-14(13)16(2)15(18)7-8-17-9-11-19-12-10-17/h3-6H,7-12H2,1-2H3. The van der Waals surface area contributed by atoms with E-state index in [0.29, 0.717) is 6.42 Å². The summed E-state index contributed by atoms with van der Waals surface area (Å²) in [5, 5.41) is 0. The molecule has 1 amide bonds. The van der Waals surface area contributed by atoms with Gasteiger partial charge in [-0.25, -0.2) is 0 Å². The normalized spacial score (nSPS) is 16.3. The number of hydrogen-bond donors (Lipinski definition) is 0. The van der Waals surface area contributed by atoms with Crippen molar-refractivity contribution in [2.75, 3.05) is 44.8 Å². The number of benzene rings is 1. The second kappa shape index (κ2) is 6.68. The Labute approximate surface area is 115 Å². The SMILES string of the molecule is Cc1ccccc1N(C)C(=O)CCN1CCOCC1. The highest BCUT2D eigenvalue weighted by Crippen LogP contribution is 2.18. The average molecular weight is 262 g/mol. The summed E-state index contributed by atoms with van der Waals surface area (Å²) in [6, 6.07) is 7.97. The van der Waals surface area contributed by atoms with Crippen molar-refractivity contribution in [3.05, 3.63) is 29.8 Å². The van der Waals surface area contributed by atoms with Crippen molar-refractivity contribution < 1.29 is 9.53 Å². The number of nitrogens with zero attached hydrogens (tertiary/aromatic N) is 2. The number of carbonyl (C=O) groups excluding carboxylic acids is 1. The molecule has 1 aliphatic rings. The summed E-state index contributed by atoms with van der Waals surface area (Å²) in [7, 11) is 1.85. The van der Waals surface area contributed by atoms with Gasteiger partial charge in [-0.15, -0.1) is 0 Å². The highest BCUT2D eigenvalue weighted by molar-refractivity contribution is 5.93. The summed E-state index contributed by atoms with van der Waals surface area (Å²) in [6.07, 6.45) is 0.560. The first-order valence-electron chi connectivity index (χ1n) is 6.81. The van der Waals surface area contributed by atoms with E-state index in [4.69, 9.17) is 4.74 Å². The number of hydrogen-bond acceptors (Lipinski definition) is 3. The molecule has 1 saturated heterocycles. The molecule has 1 fully saturated rings. The van der Waals surface area contributed by atoms with Crippen molar-refractivity contribution in [1.82, 2.24) is 4.90 Å². The van der Waals surface area contributed by atoms with E-state index in [1.54, 1.807) is 4.90 Å². The lowest BCUT2D eigenvalue weighted by Crippen LogP contribution is -2.39. The lowest BCUT2D eigenvalue weighted by Gasteiger charge is -2.27. The van der Waals surface area contributed by atoms with Crippen LogP contribution in [-0.2, 0) is 9.53 Å². The molecule has 4 heteroatoms. The molecule has 1 heterocycles. The van der Waals surface area contributed by atoms with E-state index in [0.717, 1.165) is 44.1 Å². The highest BCUT2D eigenvalue weighted by Gasteiger charge is 2.15. The van der Waals surface area contributed by atoms with Crippen molar-refractivity contribution in [3.8, 4) is 0 Å². The van der Waals surface area contributed by atoms with Crippen molar-refractivity contribution in [2.45, 2.75) is 13.3 Å². The molecule has 1 aromatic rings.